The Bertz CT molecular complexity index is 1400. The van der Waals surface area contributed by atoms with E-state index in [1.807, 2.05) is 84.9 Å². The third-order valence-electron chi connectivity index (χ3n) is 6.46. The van der Waals surface area contributed by atoms with Crippen LogP contribution in [0.3, 0.4) is 0 Å². The number of hydrogen-bond donors (Lipinski definition) is 2. The van der Waals surface area contributed by atoms with Crippen molar-refractivity contribution in [1.29, 1.82) is 0 Å². The molecule has 0 aliphatic carbocycles. The molecule has 0 aromatic heterocycles. The van der Waals surface area contributed by atoms with Gasteiger partial charge in [-0.3, -0.25) is 14.9 Å². The summed E-state index contributed by atoms with van der Waals surface area (Å²) in [5.41, 5.74) is 2.39. The quantitative estimate of drug-likeness (QED) is 0.288. The number of benzene rings is 4. The molecule has 0 fully saturated rings. The molecule has 1 aliphatic heterocycles. The summed E-state index contributed by atoms with van der Waals surface area (Å²) in [4.78, 5) is 24.0. The van der Waals surface area contributed by atoms with Gasteiger partial charge in [-0.25, -0.2) is 0 Å². The Balaban J connectivity index is 1.36. The Hall–Kier alpha value is -4.42. The molecule has 4 aromatic rings. The molecule has 1 aliphatic rings. The SMILES string of the molecule is COc1ccc(C(O)(c2ccccc2)c2ccc(OCCc3cccc4c3C(=O)NC4=O)cc2)cc1. The average molecular weight is 480 g/mol. The number of rotatable bonds is 8. The summed E-state index contributed by atoms with van der Waals surface area (Å²) in [6, 6.07) is 29.4. The maximum atomic E-state index is 12.1. The van der Waals surface area contributed by atoms with Gasteiger partial charge in [0.2, 0.25) is 0 Å². The first kappa shape index (κ1) is 23.3. The number of fused-ring (bicyclic) bond motifs is 1. The van der Waals surface area contributed by atoms with Crippen molar-refractivity contribution in [3.05, 3.63) is 130 Å². The Morgan fingerprint density at radius 3 is 1.97 bits per heavy atom. The summed E-state index contributed by atoms with van der Waals surface area (Å²) >= 11 is 0. The van der Waals surface area contributed by atoms with Crippen LogP contribution >= 0.6 is 0 Å². The molecule has 2 amide bonds. The molecule has 1 atom stereocenters. The predicted octanol–water partition coefficient (Wildman–Crippen LogP) is 4.48. The molecule has 1 heterocycles. The lowest BCUT2D eigenvalue weighted by molar-refractivity contribution is 0.0879. The lowest BCUT2D eigenvalue weighted by Gasteiger charge is -2.30. The fraction of sp³-hybridized carbons (Fsp3) is 0.133. The summed E-state index contributed by atoms with van der Waals surface area (Å²) in [6.07, 6.45) is 0.478. The minimum absolute atomic E-state index is 0.332. The molecule has 0 saturated carbocycles. The number of hydrogen-bond acceptors (Lipinski definition) is 5. The Morgan fingerprint density at radius 2 is 1.33 bits per heavy atom. The predicted molar refractivity (Wildman–Crippen MR) is 135 cm³/mol. The van der Waals surface area contributed by atoms with Gasteiger partial charge >= 0.3 is 0 Å². The summed E-state index contributed by atoms with van der Waals surface area (Å²) in [5, 5.41) is 14.3. The minimum Gasteiger partial charge on any atom is -0.497 e. The molecular weight excluding hydrogens is 454 g/mol. The van der Waals surface area contributed by atoms with Gasteiger partial charge in [-0.2, -0.15) is 0 Å². The molecule has 36 heavy (non-hydrogen) atoms. The highest BCUT2D eigenvalue weighted by molar-refractivity contribution is 6.22. The van der Waals surface area contributed by atoms with E-state index < -0.39 is 5.60 Å². The topological polar surface area (TPSA) is 84.9 Å². The molecule has 1 unspecified atom stereocenters. The summed E-state index contributed by atoms with van der Waals surface area (Å²) in [7, 11) is 1.61. The van der Waals surface area contributed by atoms with Crippen LogP contribution in [0.4, 0.5) is 0 Å². The zero-order chi connectivity index (χ0) is 25.1. The van der Waals surface area contributed by atoms with E-state index in [-0.39, 0.29) is 11.8 Å². The van der Waals surface area contributed by atoms with Crippen molar-refractivity contribution in [2.75, 3.05) is 13.7 Å². The first-order valence-corrected chi connectivity index (χ1v) is 11.6. The van der Waals surface area contributed by atoms with E-state index in [1.165, 1.54) is 0 Å². The van der Waals surface area contributed by atoms with Crippen molar-refractivity contribution in [3.63, 3.8) is 0 Å². The van der Waals surface area contributed by atoms with Gasteiger partial charge in [-0.15, -0.1) is 0 Å². The molecular formula is C30H25NO5. The highest BCUT2D eigenvalue weighted by Crippen LogP contribution is 2.38. The molecule has 6 nitrogen and oxygen atoms in total. The fourth-order valence-electron chi connectivity index (χ4n) is 4.58. The summed E-state index contributed by atoms with van der Waals surface area (Å²) in [6.45, 7) is 0.332. The van der Waals surface area contributed by atoms with Gasteiger partial charge in [0.1, 0.15) is 17.1 Å². The van der Waals surface area contributed by atoms with Crippen LogP contribution < -0.4 is 14.8 Å². The van der Waals surface area contributed by atoms with E-state index in [2.05, 4.69) is 5.32 Å². The normalized spacial score (nSPS) is 14.1. The van der Waals surface area contributed by atoms with Crippen molar-refractivity contribution in [1.82, 2.24) is 5.32 Å². The number of imide groups is 1. The second-order valence-electron chi connectivity index (χ2n) is 8.55. The first-order chi connectivity index (χ1) is 17.5. The Morgan fingerprint density at radius 1 is 0.722 bits per heavy atom. The lowest BCUT2D eigenvalue weighted by Crippen LogP contribution is -2.28. The van der Waals surface area contributed by atoms with E-state index in [1.54, 1.807) is 19.2 Å². The van der Waals surface area contributed by atoms with Crippen molar-refractivity contribution in [2.24, 2.45) is 0 Å². The maximum absolute atomic E-state index is 12.1. The zero-order valence-electron chi connectivity index (χ0n) is 19.7. The van der Waals surface area contributed by atoms with Crippen molar-refractivity contribution in [2.45, 2.75) is 12.0 Å². The Labute approximate surface area is 209 Å². The second-order valence-corrected chi connectivity index (χ2v) is 8.55. The van der Waals surface area contributed by atoms with E-state index in [0.29, 0.717) is 46.8 Å². The van der Waals surface area contributed by atoms with Crippen LogP contribution in [-0.2, 0) is 12.0 Å². The first-order valence-electron chi connectivity index (χ1n) is 11.6. The van der Waals surface area contributed by atoms with Crippen molar-refractivity contribution < 1.29 is 24.2 Å². The molecule has 0 radical (unpaired) electrons. The molecule has 0 saturated heterocycles. The van der Waals surface area contributed by atoms with Gasteiger partial charge < -0.3 is 14.6 Å². The molecule has 6 heteroatoms. The summed E-state index contributed by atoms with van der Waals surface area (Å²) < 4.78 is 11.2. The van der Waals surface area contributed by atoms with E-state index in [9.17, 15) is 14.7 Å². The zero-order valence-corrected chi connectivity index (χ0v) is 19.7. The fourth-order valence-corrected chi connectivity index (χ4v) is 4.58. The molecule has 5 rings (SSSR count). The highest BCUT2D eigenvalue weighted by atomic mass is 16.5. The van der Waals surface area contributed by atoms with Gasteiger partial charge in [-0.1, -0.05) is 66.7 Å². The number of aliphatic hydroxyl groups is 1. The van der Waals surface area contributed by atoms with Crippen LogP contribution in [0.25, 0.3) is 0 Å². The van der Waals surface area contributed by atoms with E-state index in [0.717, 1.165) is 11.1 Å². The van der Waals surface area contributed by atoms with Crippen LogP contribution in [0, 0.1) is 0 Å². The number of amides is 2. The lowest BCUT2D eigenvalue weighted by atomic mass is 9.80. The van der Waals surface area contributed by atoms with Crippen LogP contribution in [-0.4, -0.2) is 30.6 Å². The monoisotopic (exact) mass is 479 g/mol. The Kier molecular flexibility index (Phi) is 6.27. The van der Waals surface area contributed by atoms with Crippen LogP contribution in [0.15, 0.2) is 97.1 Å². The standard InChI is InChI=1S/C30H25NO5/c1-35-24-14-10-22(11-15-24)30(34,21-7-3-2-4-8-21)23-12-16-25(17-13-23)36-19-18-20-6-5-9-26-27(20)29(33)31-28(26)32/h2-17,34H,18-19H2,1H3,(H,31,32,33). The van der Waals surface area contributed by atoms with Crippen molar-refractivity contribution >= 4 is 11.8 Å². The smallest absolute Gasteiger partial charge is 0.259 e. The molecule has 2 N–H and O–H groups in total. The van der Waals surface area contributed by atoms with E-state index >= 15 is 0 Å². The van der Waals surface area contributed by atoms with Crippen LogP contribution in [0.1, 0.15) is 43.0 Å². The number of nitrogens with one attached hydrogen (secondary N) is 1. The number of ether oxygens (including phenoxy) is 2. The van der Waals surface area contributed by atoms with Gasteiger partial charge in [0.15, 0.2) is 0 Å². The van der Waals surface area contributed by atoms with Crippen LogP contribution in [0.5, 0.6) is 11.5 Å². The van der Waals surface area contributed by atoms with Crippen LogP contribution in [0.2, 0.25) is 0 Å². The van der Waals surface area contributed by atoms with Gasteiger partial charge in [0, 0.05) is 6.42 Å². The largest absolute Gasteiger partial charge is 0.497 e. The number of carbonyl (C=O) groups excluding carboxylic acids is 2. The second kappa shape index (κ2) is 9.68. The van der Waals surface area contributed by atoms with Gasteiger partial charge in [-0.05, 0) is 52.6 Å². The third kappa shape index (κ3) is 4.23. The maximum Gasteiger partial charge on any atom is 0.259 e. The number of methoxy groups -OCH3 is 1. The third-order valence-corrected chi connectivity index (χ3v) is 6.46. The molecule has 180 valence electrons. The van der Waals surface area contributed by atoms with Gasteiger partial charge in [0.25, 0.3) is 11.8 Å². The van der Waals surface area contributed by atoms with Crippen molar-refractivity contribution in [3.8, 4) is 11.5 Å². The average Bonchev–Trinajstić information content (AvgIpc) is 3.23. The minimum atomic E-state index is -1.36. The molecule has 4 aromatic carbocycles. The summed E-state index contributed by atoms with van der Waals surface area (Å²) in [5.74, 6) is 0.616. The molecule has 0 spiro atoms. The highest BCUT2D eigenvalue weighted by Gasteiger charge is 2.34. The molecule has 0 bridgehead atoms. The van der Waals surface area contributed by atoms with Gasteiger partial charge in [0.05, 0.1) is 24.8 Å². The number of carbonyl (C=O) groups is 2. The van der Waals surface area contributed by atoms with E-state index in [4.69, 9.17) is 9.47 Å².